The van der Waals surface area contributed by atoms with Gasteiger partial charge in [0, 0.05) is 31.4 Å². The van der Waals surface area contributed by atoms with E-state index in [1.807, 2.05) is 54.6 Å². The van der Waals surface area contributed by atoms with Crippen LogP contribution in [0.25, 0.3) is 22.4 Å². The Morgan fingerprint density at radius 1 is 0.943 bits per heavy atom. The second-order valence-corrected chi connectivity index (χ2v) is 8.61. The van der Waals surface area contributed by atoms with Crippen LogP contribution in [0, 0.1) is 0 Å². The van der Waals surface area contributed by atoms with Crippen molar-refractivity contribution in [2.24, 2.45) is 0 Å². The fraction of sp³-hybridized carbons (Fsp3) is 0.308. The number of hydrogen-bond acceptors (Lipinski definition) is 5. The summed E-state index contributed by atoms with van der Waals surface area (Å²) < 4.78 is 10.6. The van der Waals surface area contributed by atoms with Crippen molar-refractivity contribution in [2.75, 3.05) is 34.4 Å². The van der Waals surface area contributed by atoms with E-state index in [1.165, 1.54) is 11.9 Å². The first-order valence-corrected chi connectivity index (χ1v) is 11.3. The average molecular weight is 480 g/mol. The van der Waals surface area contributed by atoms with Crippen LogP contribution in [0.5, 0.6) is 11.5 Å². The highest BCUT2D eigenvalue weighted by molar-refractivity contribution is 5.87. The summed E-state index contributed by atoms with van der Waals surface area (Å²) >= 11 is 0. The summed E-state index contributed by atoms with van der Waals surface area (Å²) in [5, 5.41) is 20.4. The second kappa shape index (κ2) is 9.71. The van der Waals surface area contributed by atoms with Gasteiger partial charge in [-0.25, -0.2) is 9.86 Å². The molecule has 0 saturated carbocycles. The van der Waals surface area contributed by atoms with Crippen LogP contribution in [0.4, 0.5) is 4.79 Å². The monoisotopic (exact) mass is 479 g/mol. The summed E-state index contributed by atoms with van der Waals surface area (Å²) in [4.78, 5) is 29.7. The quantitative estimate of drug-likeness (QED) is 0.360. The molecule has 1 aliphatic heterocycles. The Morgan fingerprint density at radius 2 is 1.46 bits per heavy atom. The zero-order chi connectivity index (χ0) is 25.2. The minimum atomic E-state index is -1.20. The van der Waals surface area contributed by atoms with E-state index in [-0.39, 0.29) is 25.9 Å². The lowest BCUT2D eigenvalue weighted by Crippen LogP contribution is -2.51. The van der Waals surface area contributed by atoms with Gasteiger partial charge in [0.05, 0.1) is 19.9 Å². The molecule has 3 N–H and O–H groups in total. The van der Waals surface area contributed by atoms with Gasteiger partial charge in [-0.1, -0.05) is 12.1 Å². The minimum Gasteiger partial charge on any atom is -0.497 e. The normalized spacial score (nSPS) is 14.9. The summed E-state index contributed by atoms with van der Waals surface area (Å²) in [5.41, 5.74) is 2.83. The number of methoxy groups -OCH3 is 2. The van der Waals surface area contributed by atoms with Crippen molar-refractivity contribution in [3.8, 4) is 33.9 Å². The number of ether oxygens (including phenoxy) is 2. The lowest BCUT2D eigenvalue weighted by atomic mass is 9.75. The molecule has 1 saturated heterocycles. The smallest absolute Gasteiger partial charge is 0.343 e. The third kappa shape index (κ3) is 4.54. The second-order valence-electron chi connectivity index (χ2n) is 8.61. The molecule has 9 heteroatoms. The Balaban J connectivity index is 1.78. The maximum Gasteiger partial charge on any atom is 0.343 e. The number of amides is 2. The van der Waals surface area contributed by atoms with Gasteiger partial charge < -0.3 is 24.5 Å². The van der Waals surface area contributed by atoms with Crippen molar-refractivity contribution in [2.45, 2.75) is 18.3 Å². The van der Waals surface area contributed by atoms with E-state index in [2.05, 4.69) is 4.98 Å². The number of carboxylic acid groups (broad SMARTS) is 1. The van der Waals surface area contributed by atoms with Gasteiger partial charge in [0.25, 0.3) is 0 Å². The number of nitrogens with zero attached hydrogens (tertiary/aromatic N) is 2. The Bertz CT molecular complexity index is 1130. The lowest BCUT2D eigenvalue weighted by Gasteiger charge is -2.38. The molecule has 35 heavy (non-hydrogen) atoms. The van der Waals surface area contributed by atoms with Crippen LogP contribution in [0.2, 0.25) is 0 Å². The average Bonchev–Trinajstić information content (AvgIpc) is 3.34. The molecule has 0 bridgehead atoms. The van der Waals surface area contributed by atoms with Crippen molar-refractivity contribution >= 4 is 12.0 Å². The molecule has 4 rings (SSSR count). The van der Waals surface area contributed by atoms with Crippen LogP contribution < -0.4 is 9.47 Å². The van der Waals surface area contributed by atoms with Crippen LogP contribution in [-0.2, 0) is 10.2 Å². The highest BCUT2D eigenvalue weighted by Gasteiger charge is 2.46. The zero-order valence-electron chi connectivity index (χ0n) is 19.9. The summed E-state index contributed by atoms with van der Waals surface area (Å²) in [6, 6.07) is 16.5. The van der Waals surface area contributed by atoms with E-state index in [4.69, 9.17) is 9.47 Å². The van der Waals surface area contributed by atoms with E-state index in [9.17, 15) is 19.9 Å². The Hall–Kier alpha value is -3.98. The van der Waals surface area contributed by atoms with Crippen molar-refractivity contribution < 1.29 is 29.4 Å². The number of hydroxylamine groups is 2. The number of nitrogens with one attached hydrogen (secondary N) is 1. The predicted octanol–water partition coefficient (Wildman–Crippen LogP) is 4.23. The van der Waals surface area contributed by atoms with E-state index in [0.29, 0.717) is 10.8 Å². The molecule has 1 aliphatic rings. The van der Waals surface area contributed by atoms with Gasteiger partial charge in [-0.3, -0.25) is 10.0 Å². The summed E-state index contributed by atoms with van der Waals surface area (Å²) in [7, 11) is 4.47. The van der Waals surface area contributed by atoms with Gasteiger partial charge in [-0.2, -0.15) is 0 Å². The van der Waals surface area contributed by atoms with Gasteiger partial charge in [0.15, 0.2) is 0 Å². The molecular formula is C26H29N3O6. The number of urea groups is 1. The van der Waals surface area contributed by atoms with E-state index in [1.54, 1.807) is 14.2 Å². The molecule has 2 aromatic carbocycles. The van der Waals surface area contributed by atoms with Crippen molar-refractivity contribution in [1.82, 2.24) is 14.9 Å². The lowest BCUT2D eigenvalue weighted by molar-refractivity contribution is -0.146. The first-order valence-electron chi connectivity index (χ1n) is 11.3. The number of rotatable bonds is 6. The molecule has 0 spiro atoms. The van der Waals surface area contributed by atoms with E-state index in [0.717, 1.165) is 33.9 Å². The molecule has 2 heterocycles. The van der Waals surface area contributed by atoms with Gasteiger partial charge in [0.1, 0.15) is 16.9 Å². The number of piperidine rings is 1. The summed E-state index contributed by atoms with van der Waals surface area (Å²) in [6.45, 7) is 0.426. The maximum absolute atomic E-state index is 12.6. The number of carboxylic acids is 1. The third-order valence-corrected chi connectivity index (χ3v) is 6.69. The third-order valence-electron chi connectivity index (χ3n) is 6.69. The molecule has 2 amide bonds. The van der Waals surface area contributed by atoms with Gasteiger partial charge >= 0.3 is 12.0 Å². The number of benzene rings is 2. The Morgan fingerprint density at radius 3 is 1.91 bits per heavy atom. The van der Waals surface area contributed by atoms with Gasteiger partial charge in [0.2, 0.25) is 0 Å². The number of likely N-dealkylation sites (tertiary alicyclic amines) is 1. The minimum absolute atomic E-state index is 0.213. The summed E-state index contributed by atoms with van der Waals surface area (Å²) in [5.74, 6) is 0.494. The molecule has 0 unspecified atom stereocenters. The number of hydrogen-bond donors (Lipinski definition) is 3. The molecule has 3 aromatic rings. The Kier molecular flexibility index (Phi) is 6.70. The SMILES string of the molecule is COc1ccc(-c2cc(C3(C(=O)O)CCN(C(=O)N(C)O)CC3)[nH]c2-c2ccc(OC)cc2)cc1. The van der Waals surface area contributed by atoms with Crippen LogP contribution in [-0.4, -0.2) is 71.6 Å². The molecular weight excluding hydrogens is 450 g/mol. The zero-order valence-corrected chi connectivity index (χ0v) is 19.9. The maximum atomic E-state index is 12.6. The molecule has 1 fully saturated rings. The van der Waals surface area contributed by atoms with Crippen molar-refractivity contribution in [3.63, 3.8) is 0 Å². The molecule has 9 nitrogen and oxygen atoms in total. The van der Waals surface area contributed by atoms with Crippen molar-refractivity contribution in [3.05, 3.63) is 60.3 Å². The van der Waals surface area contributed by atoms with Gasteiger partial charge in [-0.15, -0.1) is 0 Å². The largest absolute Gasteiger partial charge is 0.497 e. The highest BCUT2D eigenvalue weighted by Crippen LogP contribution is 2.42. The fourth-order valence-electron chi connectivity index (χ4n) is 4.58. The molecule has 184 valence electrons. The fourth-order valence-corrected chi connectivity index (χ4v) is 4.58. The van der Waals surface area contributed by atoms with Crippen LogP contribution in [0.15, 0.2) is 54.6 Å². The topological polar surface area (TPSA) is 115 Å². The molecule has 0 atom stereocenters. The number of aliphatic carboxylic acids is 1. The standard InChI is InChI=1S/C26H29N3O6/c1-28(33)25(32)29-14-12-26(13-15-29,24(30)31)22-16-21(17-4-8-19(34-2)9-5-17)23(27-22)18-6-10-20(35-3)11-7-18/h4-11,16,27,33H,12-15H2,1-3H3,(H,30,31). The number of aromatic amines is 1. The first kappa shape index (κ1) is 24.2. The van der Waals surface area contributed by atoms with Crippen LogP contribution >= 0.6 is 0 Å². The van der Waals surface area contributed by atoms with Crippen molar-refractivity contribution in [1.29, 1.82) is 0 Å². The number of H-pyrrole nitrogens is 1. The van der Waals surface area contributed by atoms with E-state index >= 15 is 0 Å². The number of aromatic nitrogens is 1. The summed E-state index contributed by atoms with van der Waals surface area (Å²) in [6.07, 6.45) is 0.430. The van der Waals surface area contributed by atoms with E-state index < -0.39 is 17.4 Å². The van der Waals surface area contributed by atoms with Crippen LogP contribution in [0.1, 0.15) is 18.5 Å². The van der Waals surface area contributed by atoms with Crippen LogP contribution in [0.3, 0.4) is 0 Å². The first-order chi connectivity index (χ1) is 16.8. The Labute approximate surface area is 203 Å². The van der Waals surface area contributed by atoms with Gasteiger partial charge in [-0.05, 0) is 66.4 Å². The molecule has 0 radical (unpaired) electrons. The highest BCUT2D eigenvalue weighted by atomic mass is 16.5. The molecule has 1 aromatic heterocycles. The number of carbonyl (C=O) groups is 2. The predicted molar refractivity (Wildman–Crippen MR) is 130 cm³/mol. The number of carbonyl (C=O) groups excluding carboxylic acids is 1. The molecule has 0 aliphatic carbocycles.